The van der Waals surface area contributed by atoms with E-state index in [1.807, 2.05) is 18.7 Å². The van der Waals surface area contributed by atoms with Crippen molar-refractivity contribution in [3.8, 4) is 0 Å². The van der Waals surface area contributed by atoms with Gasteiger partial charge in [-0.2, -0.15) is 0 Å². The van der Waals surface area contributed by atoms with E-state index in [0.717, 1.165) is 25.9 Å². The highest BCUT2D eigenvalue weighted by atomic mass is 35.5. The van der Waals surface area contributed by atoms with Crippen molar-refractivity contribution >= 4 is 18.3 Å². The SMILES string of the molecule is CC1(C)CN(C(=O)[C@@H]2CCCN2)CCO1.Cl. The van der Waals surface area contributed by atoms with E-state index in [1.165, 1.54) is 0 Å². The van der Waals surface area contributed by atoms with E-state index in [9.17, 15) is 4.79 Å². The van der Waals surface area contributed by atoms with Gasteiger partial charge in [0.25, 0.3) is 0 Å². The van der Waals surface area contributed by atoms with E-state index in [1.54, 1.807) is 0 Å². The first-order valence-corrected chi connectivity index (χ1v) is 5.75. The van der Waals surface area contributed by atoms with Crippen molar-refractivity contribution in [1.82, 2.24) is 10.2 Å². The molecule has 94 valence electrons. The van der Waals surface area contributed by atoms with Crippen molar-refractivity contribution in [1.29, 1.82) is 0 Å². The number of ether oxygens (including phenoxy) is 1. The molecular weight excluding hydrogens is 228 g/mol. The van der Waals surface area contributed by atoms with Crippen LogP contribution in [0, 0.1) is 0 Å². The second-order valence-electron chi connectivity index (χ2n) is 5.02. The predicted octanol–water partition coefficient (Wildman–Crippen LogP) is 0.798. The number of carbonyl (C=O) groups excluding carboxylic acids is 1. The minimum atomic E-state index is -0.188. The van der Waals surface area contributed by atoms with Gasteiger partial charge in [0.2, 0.25) is 5.91 Å². The summed E-state index contributed by atoms with van der Waals surface area (Å²) in [7, 11) is 0. The van der Waals surface area contributed by atoms with E-state index in [4.69, 9.17) is 4.74 Å². The van der Waals surface area contributed by atoms with Crippen LogP contribution in [0.5, 0.6) is 0 Å². The highest BCUT2D eigenvalue weighted by Crippen LogP contribution is 2.18. The smallest absolute Gasteiger partial charge is 0.239 e. The van der Waals surface area contributed by atoms with E-state index >= 15 is 0 Å². The Morgan fingerprint density at radius 1 is 1.50 bits per heavy atom. The molecule has 2 rings (SSSR count). The zero-order chi connectivity index (χ0) is 10.9. The number of carbonyl (C=O) groups is 1. The number of hydrogen-bond acceptors (Lipinski definition) is 3. The van der Waals surface area contributed by atoms with E-state index in [-0.39, 0.29) is 30.0 Å². The maximum absolute atomic E-state index is 12.1. The standard InChI is InChI=1S/C11H20N2O2.ClH/c1-11(2)8-13(6-7-15-11)10(14)9-4-3-5-12-9;/h9,12H,3-8H2,1-2H3;1H/t9-;/m0./s1. The van der Waals surface area contributed by atoms with E-state index in [2.05, 4.69) is 5.32 Å². The Labute approximate surface area is 103 Å². The molecule has 2 fully saturated rings. The second kappa shape index (κ2) is 5.34. The molecule has 4 nitrogen and oxygen atoms in total. The van der Waals surface area contributed by atoms with Gasteiger partial charge < -0.3 is 15.0 Å². The average Bonchev–Trinajstić information content (AvgIpc) is 2.67. The highest BCUT2D eigenvalue weighted by Gasteiger charge is 2.33. The molecule has 0 aromatic heterocycles. The summed E-state index contributed by atoms with van der Waals surface area (Å²) in [5.41, 5.74) is -0.188. The molecule has 16 heavy (non-hydrogen) atoms. The summed E-state index contributed by atoms with van der Waals surface area (Å²) in [4.78, 5) is 14.0. The molecule has 0 aliphatic carbocycles. The summed E-state index contributed by atoms with van der Waals surface area (Å²) < 4.78 is 5.59. The quantitative estimate of drug-likeness (QED) is 0.746. The van der Waals surface area contributed by atoms with Crippen LogP contribution in [0.25, 0.3) is 0 Å². The maximum atomic E-state index is 12.1. The van der Waals surface area contributed by atoms with Gasteiger partial charge in [0.15, 0.2) is 0 Å². The lowest BCUT2D eigenvalue weighted by molar-refractivity contribution is -0.147. The second-order valence-corrected chi connectivity index (χ2v) is 5.02. The molecule has 2 aliphatic rings. The van der Waals surface area contributed by atoms with Crippen molar-refractivity contribution in [2.75, 3.05) is 26.2 Å². The fourth-order valence-corrected chi connectivity index (χ4v) is 2.32. The first-order chi connectivity index (χ1) is 7.08. The summed E-state index contributed by atoms with van der Waals surface area (Å²) in [5.74, 6) is 0.254. The van der Waals surface area contributed by atoms with Gasteiger partial charge in [-0.05, 0) is 33.2 Å². The molecule has 0 unspecified atom stereocenters. The minimum absolute atomic E-state index is 0. The Kier molecular flexibility index (Phi) is 4.59. The van der Waals surface area contributed by atoms with Crippen LogP contribution in [0.15, 0.2) is 0 Å². The normalized spacial score (nSPS) is 28.6. The summed E-state index contributed by atoms with van der Waals surface area (Å²) in [6.07, 6.45) is 2.10. The van der Waals surface area contributed by atoms with Crippen molar-refractivity contribution in [2.24, 2.45) is 0 Å². The molecule has 0 aromatic carbocycles. The van der Waals surface area contributed by atoms with Crippen molar-refractivity contribution < 1.29 is 9.53 Å². The summed E-state index contributed by atoms with van der Waals surface area (Å²) in [5, 5.41) is 3.25. The molecular formula is C11H21ClN2O2. The molecule has 1 atom stereocenters. The molecule has 1 amide bonds. The first kappa shape index (κ1) is 13.7. The largest absolute Gasteiger partial charge is 0.372 e. The summed E-state index contributed by atoms with van der Waals surface area (Å²) in [6.45, 7) is 7.16. The summed E-state index contributed by atoms with van der Waals surface area (Å²) >= 11 is 0. The van der Waals surface area contributed by atoms with Crippen LogP contribution in [-0.4, -0.2) is 48.7 Å². The van der Waals surface area contributed by atoms with Crippen LogP contribution >= 0.6 is 12.4 Å². The predicted molar refractivity (Wildman–Crippen MR) is 64.9 cm³/mol. The zero-order valence-corrected chi connectivity index (χ0v) is 10.8. The van der Waals surface area contributed by atoms with Gasteiger partial charge in [0.1, 0.15) is 0 Å². The van der Waals surface area contributed by atoms with Crippen LogP contribution in [-0.2, 0) is 9.53 Å². The zero-order valence-electron chi connectivity index (χ0n) is 9.99. The highest BCUT2D eigenvalue weighted by molar-refractivity contribution is 5.85. The number of halogens is 1. The molecule has 0 bridgehead atoms. The number of rotatable bonds is 1. The Balaban J connectivity index is 0.00000128. The number of nitrogens with zero attached hydrogens (tertiary/aromatic N) is 1. The Bertz CT molecular complexity index is 252. The lowest BCUT2D eigenvalue weighted by Crippen LogP contribution is -2.54. The number of morpholine rings is 1. The maximum Gasteiger partial charge on any atom is 0.239 e. The van der Waals surface area contributed by atoms with Crippen molar-refractivity contribution in [3.05, 3.63) is 0 Å². The van der Waals surface area contributed by atoms with Crippen LogP contribution in [0.4, 0.5) is 0 Å². The van der Waals surface area contributed by atoms with Crippen LogP contribution in [0.1, 0.15) is 26.7 Å². The topological polar surface area (TPSA) is 41.6 Å². The average molecular weight is 249 g/mol. The van der Waals surface area contributed by atoms with Gasteiger partial charge in [-0.1, -0.05) is 0 Å². The van der Waals surface area contributed by atoms with Gasteiger partial charge in [-0.15, -0.1) is 12.4 Å². The number of hydrogen-bond donors (Lipinski definition) is 1. The molecule has 2 heterocycles. The number of amides is 1. The lowest BCUT2D eigenvalue weighted by atomic mass is 10.1. The lowest BCUT2D eigenvalue weighted by Gasteiger charge is -2.39. The molecule has 2 aliphatic heterocycles. The van der Waals surface area contributed by atoms with E-state index in [0.29, 0.717) is 13.2 Å². The Hall–Kier alpha value is -0.320. The molecule has 1 N–H and O–H groups in total. The van der Waals surface area contributed by atoms with Crippen LogP contribution in [0.3, 0.4) is 0 Å². The van der Waals surface area contributed by atoms with Crippen LogP contribution < -0.4 is 5.32 Å². The van der Waals surface area contributed by atoms with Gasteiger partial charge in [0.05, 0.1) is 18.2 Å². The van der Waals surface area contributed by atoms with Gasteiger partial charge in [-0.25, -0.2) is 0 Å². The van der Waals surface area contributed by atoms with Gasteiger partial charge in [-0.3, -0.25) is 4.79 Å². The Morgan fingerprint density at radius 2 is 2.25 bits per heavy atom. The monoisotopic (exact) mass is 248 g/mol. The van der Waals surface area contributed by atoms with Crippen molar-refractivity contribution in [3.63, 3.8) is 0 Å². The molecule has 0 spiro atoms. The molecule has 0 saturated carbocycles. The fourth-order valence-electron chi connectivity index (χ4n) is 2.32. The van der Waals surface area contributed by atoms with Gasteiger partial charge >= 0.3 is 0 Å². The third-order valence-corrected chi connectivity index (χ3v) is 3.10. The third-order valence-electron chi connectivity index (χ3n) is 3.10. The molecule has 2 saturated heterocycles. The fraction of sp³-hybridized carbons (Fsp3) is 0.909. The third kappa shape index (κ3) is 3.09. The molecule has 5 heteroatoms. The summed E-state index contributed by atoms with van der Waals surface area (Å²) in [6, 6.07) is 0.0545. The molecule has 0 aromatic rings. The van der Waals surface area contributed by atoms with Crippen LogP contribution in [0.2, 0.25) is 0 Å². The Morgan fingerprint density at radius 3 is 2.81 bits per heavy atom. The first-order valence-electron chi connectivity index (χ1n) is 5.75. The van der Waals surface area contributed by atoms with Crippen molar-refractivity contribution in [2.45, 2.75) is 38.3 Å². The van der Waals surface area contributed by atoms with Gasteiger partial charge in [0, 0.05) is 13.1 Å². The minimum Gasteiger partial charge on any atom is -0.372 e. The molecule has 0 radical (unpaired) electrons. The van der Waals surface area contributed by atoms with E-state index < -0.39 is 0 Å². The number of nitrogens with one attached hydrogen (secondary N) is 1.